The third kappa shape index (κ3) is 5.75. The van der Waals surface area contributed by atoms with Gasteiger partial charge in [-0.3, -0.25) is 0 Å². The molecule has 0 fully saturated rings. The lowest BCUT2D eigenvalue weighted by atomic mass is 10.0. The first-order chi connectivity index (χ1) is 16.0. The summed E-state index contributed by atoms with van der Waals surface area (Å²) < 4.78 is 48.1. The Hall–Kier alpha value is -3.71. The van der Waals surface area contributed by atoms with Crippen LogP contribution in [0.3, 0.4) is 0 Å². The molecular weight excluding hydrogens is 421 g/mol. The number of rotatable bonds is 6. The van der Waals surface area contributed by atoms with Crippen molar-refractivity contribution in [1.29, 1.82) is 0 Å². The highest BCUT2D eigenvalue weighted by Crippen LogP contribution is 2.20. The van der Waals surface area contributed by atoms with E-state index in [9.17, 15) is 13.2 Å². The van der Waals surface area contributed by atoms with Crippen LogP contribution in [-0.2, 0) is 12.8 Å². The van der Waals surface area contributed by atoms with Crippen LogP contribution in [0.15, 0.2) is 72.8 Å². The maximum atomic E-state index is 14.6. The summed E-state index contributed by atoms with van der Waals surface area (Å²) in [7, 11) is 0. The van der Waals surface area contributed by atoms with Gasteiger partial charge in [-0.1, -0.05) is 43.0 Å². The van der Waals surface area contributed by atoms with E-state index >= 15 is 0 Å². The molecule has 0 saturated carbocycles. The lowest BCUT2D eigenvalue weighted by molar-refractivity contribution is 0.317. The minimum Gasteiger partial charge on any atom is -0.494 e. The van der Waals surface area contributed by atoms with E-state index in [-0.39, 0.29) is 11.4 Å². The number of halogens is 3. The average Bonchev–Trinajstić information content (AvgIpc) is 2.81. The monoisotopic (exact) mass is 444 g/mol. The fourth-order valence-corrected chi connectivity index (χ4v) is 3.58. The molecule has 0 atom stereocenters. The zero-order chi connectivity index (χ0) is 23.2. The molecule has 0 amide bonds. The van der Waals surface area contributed by atoms with E-state index in [1.165, 1.54) is 24.3 Å². The molecule has 0 aliphatic rings. The molecule has 166 valence electrons. The molecule has 4 heteroatoms. The van der Waals surface area contributed by atoms with Gasteiger partial charge in [-0.15, -0.1) is 0 Å². The van der Waals surface area contributed by atoms with Crippen molar-refractivity contribution >= 4 is 10.8 Å². The highest BCUT2D eigenvalue weighted by molar-refractivity contribution is 5.84. The second kappa shape index (κ2) is 10.3. The van der Waals surface area contributed by atoms with Gasteiger partial charge in [-0.05, 0) is 89.7 Å². The predicted octanol–water partition coefficient (Wildman–Crippen LogP) is 7.23. The van der Waals surface area contributed by atoms with Gasteiger partial charge in [0.25, 0.3) is 0 Å². The molecule has 0 heterocycles. The standard InChI is InChI=1S/C29H23F3O/c1-2-15-33-26-12-6-20(7-13-26)3-4-22-17-28(31)27(29(32)18-22)14-8-21-5-9-24-19-25(30)11-10-23(24)16-21/h5-7,9-13,16-19H,2-4,15H2,1H3. The number of aryl methyl sites for hydroxylation is 2. The number of hydrogen-bond donors (Lipinski definition) is 0. The Balaban J connectivity index is 1.46. The maximum absolute atomic E-state index is 14.6. The molecule has 0 spiro atoms. The maximum Gasteiger partial charge on any atom is 0.142 e. The number of benzene rings is 4. The van der Waals surface area contributed by atoms with Crippen LogP contribution in [0.4, 0.5) is 13.2 Å². The summed E-state index contributed by atoms with van der Waals surface area (Å²) >= 11 is 0. The number of fused-ring (bicyclic) bond motifs is 1. The summed E-state index contributed by atoms with van der Waals surface area (Å²) in [6.07, 6.45) is 2.12. The molecule has 0 aromatic heterocycles. The van der Waals surface area contributed by atoms with Crippen molar-refractivity contribution in [3.63, 3.8) is 0 Å². The van der Waals surface area contributed by atoms with Gasteiger partial charge in [-0.25, -0.2) is 13.2 Å². The topological polar surface area (TPSA) is 9.23 Å². The normalized spacial score (nSPS) is 10.7. The summed E-state index contributed by atoms with van der Waals surface area (Å²) in [6, 6.07) is 20.1. The Bertz CT molecular complexity index is 1310. The molecule has 0 aliphatic heterocycles. The minimum atomic E-state index is -0.677. The molecule has 4 aromatic carbocycles. The Morgan fingerprint density at radius 2 is 1.36 bits per heavy atom. The number of hydrogen-bond acceptors (Lipinski definition) is 1. The van der Waals surface area contributed by atoms with Gasteiger partial charge in [0, 0.05) is 5.56 Å². The van der Waals surface area contributed by atoms with Crippen LogP contribution >= 0.6 is 0 Å². The van der Waals surface area contributed by atoms with Crippen LogP contribution in [0.2, 0.25) is 0 Å². The molecule has 0 saturated heterocycles. The highest BCUT2D eigenvalue weighted by Gasteiger charge is 2.10. The van der Waals surface area contributed by atoms with Gasteiger partial charge in [0.05, 0.1) is 12.2 Å². The van der Waals surface area contributed by atoms with Gasteiger partial charge >= 0.3 is 0 Å². The third-order valence-electron chi connectivity index (χ3n) is 5.33. The fraction of sp³-hybridized carbons (Fsp3) is 0.172. The second-order valence-electron chi connectivity index (χ2n) is 7.88. The van der Waals surface area contributed by atoms with E-state index in [1.54, 1.807) is 24.3 Å². The molecular formula is C29H23F3O. The predicted molar refractivity (Wildman–Crippen MR) is 126 cm³/mol. The van der Waals surface area contributed by atoms with Gasteiger partial charge in [0.15, 0.2) is 0 Å². The second-order valence-corrected chi connectivity index (χ2v) is 7.88. The molecule has 33 heavy (non-hydrogen) atoms. The minimum absolute atomic E-state index is 0.254. The van der Waals surface area contributed by atoms with Crippen molar-refractivity contribution in [2.75, 3.05) is 6.61 Å². The van der Waals surface area contributed by atoms with Crippen LogP contribution in [0.5, 0.6) is 5.75 Å². The van der Waals surface area contributed by atoms with Crippen LogP contribution in [-0.4, -0.2) is 6.61 Å². The van der Waals surface area contributed by atoms with Crippen molar-refractivity contribution in [2.45, 2.75) is 26.2 Å². The lowest BCUT2D eigenvalue weighted by Crippen LogP contribution is -1.98. The largest absolute Gasteiger partial charge is 0.494 e. The SMILES string of the molecule is CCCOc1ccc(CCc2cc(F)c(C#Cc3ccc4cc(F)ccc4c3)c(F)c2)cc1. The van der Waals surface area contributed by atoms with Gasteiger partial charge in [0.1, 0.15) is 23.2 Å². The van der Waals surface area contributed by atoms with Gasteiger partial charge in [0.2, 0.25) is 0 Å². The molecule has 0 bridgehead atoms. The first kappa shape index (κ1) is 22.5. The van der Waals surface area contributed by atoms with Crippen LogP contribution < -0.4 is 4.74 Å². The zero-order valence-electron chi connectivity index (χ0n) is 18.3. The van der Waals surface area contributed by atoms with Gasteiger partial charge < -0.3 is 4.74 Å². The van der Waals surface area contributed by atoms with Crippen molar-refractivity contribution < 1.29 is 17.9 Å². The highest BCUT2D eigenvalue weighted by atomic mass is 19.1. The zero-order valence-corrected chi connectivity index (χ0v) is 18.3. The quantitative estimate of drug-likeness (QED) is 0.285. The Morgan fingerprint density at radius 3 is 2.09 bits per heavy atom. The summed E-state index contributed by atoms with van der Waals surface area (Å²) in [5.74, 6) is 4.57. The van der Waals surface area contributed by atoms with Crippen molar-refractivity contribution in [3.05, 3.63) is 113 Å². The summed E-state index contributed by atoms with van der Waals surface area (Å²) in [5, 5.41) is 1.55. The van der Waals surface area contributed by atoms with E-state index < -0.39 is 11.6 Å². The Kier molecular flexibility index (Phi) is 7.00. The van der Waals surface area contributed by atoms with Gasteiger partial charge in [-0.2, -0.15) is 0 Å². The van der Waals surface area contributed by atoms with E-state index in [1.807, 2.05) is 24.3 Å². The molecule has 0 aliphatic carbocycles. The van der Waals surface area contributed by atoms with Crippen LogP contribution in [0.25, 0.3) is 10.8 Å². The van der Waals surface area contributed by atoms with Crippen LogP contribution in [0.1, 0.15) is 35.6 Å². The molecule has 1 nitrogen and oxygen atoms in total. The summed E-state index contributed by atoms with van der Waals surface area (Å²) in [4.78, 5) is 0. The smallest absolute Gasteiger partial charge is 0.142 e. The Morgan fingerprint density at radius 1 is 0.697 bits per heavy atom. The van der Waals surface area contributed by atoms with E-state index in [2.05, 4.69) is 18.8 Å². The van der Waals surface area contributed by atoms with E-state index in [0.29, 0.717) is 30.6 Å². The van der Waals surface area contributed by atoms with E-state index in [4.69, 9.17) is 4.74 Å². The lowest BCUT2D eigenvalue weighted by Gasteiger charge is -2.07. The van der Waals surface area contributed by atoms with Crippen molar-refractivity contribution in [1.82, 2.24) is 0 Å². The van der Waals surface area contributed by atoms with E-state index in [0.717, 1.165) is 28.5 Å². The molecule has 4 rings (SSSR count). The first-order valence-electron chi connectivity index (χ1n) is 10.9. The molecule has 0 radical (unpaired) electrons. The van der Waals surface area contributed by atoms with Crippen molar-refractivity contribution in [2.24, 2.45) is 0 Å². The average molecular weight is 444 g/mol. The molecule has 0 unspecified atom stereocenters. The fourth-order valence-electron chi connectivity index (χ4n) is 3.58. The first-order valence-corrected chi connectivity index (χ1v) is 10.9. The molecule has 0 N–H and O–H groups in total. The number of ether oxygens (including phenoxy) is 1. The van der Waals surface area contributed by atoms with Crippen molar-refractivity contribution in [3.8, 4) is 17.6 Å². The molecule has 4 aromatic rings. The summed E-state index contributed by atoms with van der Waals surface area (Å²) in [5.41, 5.74) is 1.99. The van der Waals surface area contributed by atoms with Crippen LogP contribution in [0, 0.1) is 29.3 Å². The third-order valence-corrected chi connectivity index (χ3v) is 5.33. The summed E-state index contributed by atoms with van der Waals surface area (Å²) in [6.45, 7) is 2.73. The Labute approximate surface area is 191 Å².